The van der Waals surface area contributed by atoms with E-state index >= 15 is 0 Å². The quantitative estimate of drug-likeness (QED) is 0.560. The van der Waals surface area contributed by atoms with E-state index < -0.39 is 4.92 Å². The van der Waals surface area contributed by atoms with Crippen molar-refractivity contribution >= 4 is 5.69 Å². The highest BCUT2D eigenvalue weighted by Crippen LogP contribution is 2.11. The number of nitro benzene ring substituents is 1. The van der Waals surface area contributed by atoms with Gasteiger partial charge in [-0.15, -0.1) is 0 Å². The SMILES string of the molecule is CC(CCO)CNCc1ccc([N+](=O)[O-])cc1. The molecule has 0 aliphatic carbocycles. The largest absolute Gasteiger partial charge is 0.396 e. The second-order valence-corrected chi connectivity index (χ2v) is 4.17. The summed E-state index contributed by atoms with van der Waals surface area (Å²) in [7, 11) is 0. The summed E-state index contributed by atoms with van der Waals surface area (Å²) in [5.41, 5.74) is 1.13. The third-order valence-electron chi connectivity index (χ3n) is 2.59. The highest BCUT2D eigenvalue weighted by molar-refractivity contribution is 5.32. The molecule has 17 heavy (non-hydrogen) atoms. The molecule has 0 fully saturated rings. The van der Waals surface area contributed by atoms with Gasteiger partial charge >= 0.3 is 0 Å². The second kappa shape index (κ2) is 6.98. The topological polar surface area (TPSA) is 75.4 Å². The summed E-state index contributed by atoms with van der Waals surface area (Å²) < 4.78 is 0. The van der Waals surface area contributed by atoms with E-state index in [9.17, 15) is 10.1 Å². The van der Waals surface area contributed by atoms with Gasteiger partial charge in [-0.05, 0) is 24.4 Å². The number of aliphatic hydroxyl groups is 1. The molecule has 1 aromatic rings. The first-order valence-electron chi connectivity index (χ1n) is 5.68. The zero-order valence-corrected chi connectivity index (χ0v) is 9.93. The molecule has 1 unspecified atom stereocenters. The van der Waals surface area contributed by atoms with Crippen LogP contribution in [0.15, 0.2) is 24.3 Å². The molecular weight excluding hydrogens is 220 g/mol. The van der Waals surface area contributed by atoms with E-state index in [1.807, 2.05) is 0 Å². The molecule has 0 aromatic heterocycles. The maximum Gasteiger partial charge on any atom is 0.269 e. The van der Waals surface area contributed by atoms with Gasteiger partial charge in [0.2, 0.25) is 0 Å². The van der Waals surface area contributed by atoms with Crippen LogP contribution in [0.25, 0.3) is 0 Å². The standard InChI is InChI=1S/C12H18N2O3/c1-10(6-7-15)8-13-9-11-2-4-12(5-3-11)14(16)17/h2-5,10,13,15H,6-9H2,1H3. The van der Waals surface area contributed by atoms with Gasteiger partial charge in [-0.2, -0.15) is 0 Å². The third-order valence-corrected chi connectivity index (χ3v) is 2.59. The fraction of sp³-hybridized carbons (Fsp3) is 0.500. The van der Waals surface area contributed by atoms with Crippen molar-refractivity contribution < 1.29 is 10.0 Å². The van der Waals surface area contributed by atoms with Crippen molar-refractivity contribution in [3.63, 3.8) is 0 Å². The van der Waals surface area contributed by atoms with Gasteiger partial charge in [0.25, 0.3) is 5.69 Å². The molecule has 0 saturated carbocycles. The van der Waals surface area contributed by atoms with Crippen molar-refractivity contribution in [3.05, 3.63) is 39.9 Å². The van der Waals surface area contributed by atoms with Gasteiger partial charge in [0.05, 0.1) is 4.92 Å². The summed E-state index contributed by atoms with van der Waals surface area (Å²) in [6.45, 7) is 3.80. The Balaban J connectivity index is 2.34. The summed E-state index contributed by atoms with van der Waals surface area (Å²) in [6, 6.07) is 6.52. The van der Waals surface area contributed by atoms with Crippen molar-refractivity contribution in [1.82, 2.24) is 5.32 Å². The minimum Gasteiger partial charge on any atom is -0.396 e. The van der Waals surface area contributed by atoms with Crippen LogP contribution in [0, 0.1) is 16.0 Å². The van der Waals surface area contributed by atoms with Crippen molar-refractivity contribution in [2.75, 3.05) is 13.2 Å². The smallest absolute Gasteiger partial charge is 0.269 e. The number of nitro groups is 1. The van der Waals surface area contributed by atoms with Crippen LogP contribution < -0.4 is 5.32 Å². The van der Waals surface area contributed by atoms with Gasteiger partial charge in [-0.1, -0.05) is 19.1 Å². The summed E-state index contributed by atoms with van der Waals surface area (Å²) in [5, 5.41) is 22.5. The van der Waals surface area contributed by atoms with Crippen molar-refractivity contribution in [2.45, 2.75) is 19.9 Å². The van der Waals surface area contributed by atoms with Gasteiger partial charge < -0.3 is 10.4 Å². The van der Waals surface area contributed by atoms with Crippen LogP contribution in [0.3, 0.4) is 0 Å². The first-order chi connectivity index (χ1) is 8.13. The van der Waals surface area contributed by atoms with Crippen LogP contribution in [0.4, 0.5) is 5.69 Å². The average Bonchev–Trinajstić information content (AvgIpc) is 2.30. The first-order valence-corrected chi connectivity index (χ1v) is 5.68. The number of nitrogens with zero attached hydrogens (tertiary/aromatic N) is 1. The van der Waals surface area contributed by atoms with Crippen LogP contribution in [0.1, 0.15) is 18.9 Å². The van der Waals surface area contributed by atoms with E-state index in [1.54, 1.807) is 12.1 Å². The summed E-state index contributed by atoms with van der Waals surface area (Å²) in [5.74, 6) is 0.429. The maximum absolute atomic E-state index is 10.5. The molecule has 0 bridgehead atoms. The monoisotopic (exact) mass is 238 g/mol. The number of hydrogen-bond acceptors (Lipinski definition) is 4. The van der Waals surface area contributed by atoms with Crippen LogP contribution in [0.2, 0.25) is 0 Å². The van der Waals surface area contributed by atoms with Crippen LogP contribution in [-0.2, 0) is 6.54 Å². The fourth-order valence-corrected chi connectivity index (χ4v) is 1.52. The minimum atomic E-state index is -0.402. The molecule has 1 atom stereocenters. The van der Waals surface area contributed by atoms with Crippen LogP contribution in [0.5, 0.6) is 0 Å². The molecule has 0 aliphatic rings. The summed E-state index contributed by atoms with van der Waals surface area (Å²) >= 11 is 0. The lowest BCUT2D eigenvalue weighted by Crippen LogP contribution is -2.21. The molecule has 0 aliphatic heterocycles. The maximum atomic E-state index is 10.5. The molecule has 5 nitrogen and oxygen atoms in total. The normalized spacial score (nSPS) is 12.4. The third kappa shape index (κ3) is 4.93. The van der Waals surface area contributed by atoms with E-state index in [4.69, 9.17) is 5.11 Å². The Hall–Kier alpha value is -1.46. The van der Waals surface area contributed by atoms with Crippen molar-refractivity contribution in [3.8, 4) is 0 Å². The van der Waals surface area contributed by atoms with Crippen molar-refractivity contribution in [1.29, 1.82) is 0 Å². The van der Waals surface area contributed by atoms with Gasteiger partial charge in [0.1, 0.15) is 0 Å². The summed E-state index contributed by atoms with van der Waals surface area (Å²) in [6.07, 6.45) is 0.785. The molecular formula is C12H18N2O3. The van der Waals surface area contributed by atoms with Crippen LogP contribution in [-0.4, -0.2) is 23.2 Å². The van der Waals surface area contributed by atoms with E-state index in [1.165, 1.54) is 12.1 Å². The Kier molecular flexibility index (Phi) is 5.59. The molecule has 0 spiro atoms. The molecule has 0 radical (unpaired) electrons. The van der Waals surface area contributed by atoms with E-state index in [2.05, 4.69) is 12.2 Å². The Morgan fingerprint density at radius 3 is 2.59 bits per heavy atom. The number of non-ortho nitro benzene ring substituents is 1. The van der Waals surface area contributed by atoms with Gasteiger partial charge in [-0.3, -0.25) is 10.1 Å². The van der Waals surface area contributed by atoms with Gasteiger partial charge in [0.15, 0.2) is 0 Å². The summed E-state index contributed by atoms with van der Waals surface area (Å²) in [4.78, 5) is 10.1. The number of rotatable bonds is 7. The number of nitrogens with one attached hydrogen (secondary N) is 1. The lowest BCUT2D eigenvalue weighted by molar-refractivity contribution is -0.384. The Labute approximate surface area is 101 Å². The van der Waals surface area contributed by atoms with Crippen molar-refractivity contribution in [2.24, 2.45) is 5.92 Å². The predicted molar refractivity (Wildman–Crippen MR) is 65.7 cm³/mol. The fourth-order valence-electron chi connectivity index (χ4n) is 1.52. The van der Waals surface area contributed by atoms with Crippen LogP contribution >= 0.6 is 0 Å². The van der Waals surface area contributed by atoms with E-state index in [0.29, 0.717) is 12.5 Å². The Morgan fingerprint density at radius 1 is 1.41 bits per heavy atom. The predicted octanol–water partition coefficient (Wildman–Crippen LogP) is 1.70. The van der Waals surface area contributed by atoms with E-state index in [-0.39, 0.29) is 12.3 Å². The zero-order chi connectivity index (χ0) is 12.7. The number of aliphatic hydroxyl groups excluding tert-OH is 1. The number of hydrogen-bond donors (Lipinski definition) is 2. The number of benzene rings is 1. The Bertz CT molecular complexity index is 351. The average molecular weight is 238 g/mol. The lowest BCUT2D eigenvalue weighted by Gasteiger charge is -2.10. The van der Waals surface area contributed by atoms with E-state index in [0.717, 1.165) is 18.5 Å². The van der Waals surface area contributed by atoms with Gasteiger partial charge in [-0.25, -0.2) is 0 Å². The van der Waals surface area contributed by atoms with Gasteiger partial charge in [0, 0.05) is 25.3 Å². The molecule has 5 heteroatoms. The molecule has 1 rings (SSSR count). The zero-order valence-electron chi connectivity index (χ0n) is 9.93. The Morgan fingerprint density at radius 2 is 2.06 bits per heavy atom. The first kappa shape index (κ1) is 13.6. The molecule has 0 heterocycles. The molecule has 94 valence electrons. The highest BCUT2D eigenvalue weighted by Gasteiger charge is 2.04. The highest BCUT2D eigenvalue weighted by atomic mass is 16.6. The molecule has 1 aromatic carbocycles. The molecule has 0 amide bonds. The lowest BCUT2D eigenvalue weighted by atomic mass is 10.1. The molecule has 0 saturated heterocycles. The molecule has 2 N–H and O–H groups in total. The minimum absolute atomic E-state index is 0.113. The second-order valence-electron chi connectivity index (χ2n) is 4.17.